The summed E-state index contributed by atoms with van der Waals surface area (Å²) in [6.45, 7) is 0. The van der Waals surface area contributed by atoms with Gasteiger partial charge in [0, 0.05) is 6.07 Å². The maximum absolute atomic E-state index is 11.7. The summed E-state index contributed by atoms with van der Waals surface area (Å²) in [5.74, 6) is 0. The van der Waals surface area contributed by atoms with E-state index < -0.39 is 14.9 Å². The third-order valence-corrected chi connectivity index (χ3v) is 3.97. The van der Waals surface area contributed by atoms with Crippen LogP contribution in [0.3, 0.4) is 0 Å². The molecule has 0 aliphatic carbocycles. The topological polar surface area (TPSA) is 89.3 Å². The van der Waals surface area contributed by atoms with Crippen molar-refractivity contribution in [3.8, 4) is 0 Å². The third-order valence-electron chi connectivity index (χ3n) is 2.10. The molecule has 6 nitrogen and oxygen atoms in total. The first-order chi connectivity index (χ1) is 8.38. The number of non-ortho nitro benzene ring substituents is 1. The van der Waals surface area contributed by atoms with Crippen LogP contribution in [-0.4, -0.2) is 30.4 Å². The predicted molar refractivity (Wildman–Crippen MR) is 72.0 cm³/mol. The summed E-state index contributed by atoms with van der Waals surface area (Å²) in [5, 5.41) is 14.8. The van der Waals surface area contributed by atoms with Crippen LogP contribution in [0.4, 0.5) is 5.69 Å². The maximum atomic E-state index is 11.7. The monoisotopic (exact) mass is 302 g/mol. The summed E-state index contributed by atoms with van der Waals surface area (Å²) in [6.07, 6.45) is 0. The van der Waals surface area contributed by atoms with Crippen molar-refractivity contribution in [1.29, 1.82) is 0 Å². The Hall–Kier alpha value is -1.47. The number of hydrogen-bond donors (Lipinski definition) is 1. The van der Waals surface area contributed by atoms with Gasteiger partial charge in [-0.25, -0.2) is 13.1 Å². The summed E-state index contributed by atoms with van der Waals surface area (Å²) in [5.41, 5.74) is -0.368. The number of benzene rings is 1. The van der Waals surface area contributed by atoms with Gasteiger partial charge in [0.2, 0.25) is 10.0 Å². The van der Waals surface area contributed by atoms with E-state index in [1.807, 2.05) is 0 Å². The van der Waals surface area contributed by atoms with Crippen LogP contribution in [0.1, 0.15) is 0 Å². The molecule has 0 radical (unpaired) electrons. The van der Waals surface area contributed by atoms with Gasteiger partial charge >= 0.3 is 0 Å². The normalized spacial score (nSPS) is 10.5. The van der Waals surface area contributed by atoms with Crippen LogP contribution < -0.4 is 15.2 Å². The molecule has 0 bridgehead atoms. The van der Waals surface area contributed by atoms with Gasteiger partial charge in [-0.1, -0.05) is 0 Å². The first-order valence-corrected chi connectivity index (χ1v) is 6.70. The van der Waals surface area contributed by atoms with E-state index in [-0.39, 0.29) is 21.0 Å². The molecule has 0 spiro atoms. The summed E-state index contributed by atoms with van der Waals surface area (Å²) in [6, 6.07) is 2.11. The smallest absolute Gasteiger partial charge is 0.258 e. The van der Waals surface area contributed by atoms with Gasteiger partial charge in [0.1, 0.15) is 5.22 Å². The van der Waals surface area contributed by atoms with Crippen molar-refractivity contribution in [2.75, 3.05) is 7.05 Å². The molecule has 0 saturated carbocycles. The standard InChI is InChI=1S/C9H6N2O4S3/c1-10-18(14,15)9-3-2-8(11(12)13)6(4-16)7(9)5-17/h2-3,10H,1H3. The third kappa shape index (κ3) is 2.51. The van der Waals surface area contributed by atoms with E-state index >= 15 is 0 Å². The van der Waals surface area contributed by atoms with Crippen molar-refractivity contribution in [3.63, 3.8) is 0 Å². The van der Waals surface area contributed by atoms with Gasteiger partial charge in [-0.05, 0) is 47.6 Å². The van der Waals surface area contributed by atoms with Gasteiger partial charge in [-0.15, -0.1) is 0 Å². The second kappa shape index (κ2) is 5.45. The highest BCUT2D eigenvalue weighted by atomic mass is 32.2. The Bertz CT molecular complexity index is 775. The quantitative estimate of drug-likeness (QED) is 0.440. The van der Waals surface area contributed by atoms with Crippen molar-refractivity contribution in [3.05, 3.63) is 32.7 Å². The minimum atomic E-state index is -3.80. The van der Waals surface area contributed by atoms with E-state index in [1.54, 1.807) is 0 Å². The molecular weight excluding hydrogens is 296 g/mol. The lowest BCUT2D eigenvalue weighted by Crippen LogP contribution is -2.37. The van der Waals surface area contributed by atoms with Crippen LogP contribution >= 0.6 is 24.4 Å². The number of rotatable bonds is 3. The average Bonchev–Trinajstić information content (AvgIpc) is 2.36. The highest BCUT2D eigenvalue weighted by molar-refractivity contribution is 7.89. The van der Waals surface area contributed by atoms with E-state index in [4.69, 9.17) is 0 Å². The Morgan fingerprint density at radius 1 is 1.28 bits per heavy atom. The Labute approximate surface area is 113 Å². The lowest BCUT2D eigenvalue weighted by atomic mass is 10.2. The first kappa shape index (κ1) is 14.6. The van der Waals surface area contributed by atoms with Gasteiger partial charge in [0.25, 0.3) is 5.69 Å². The average molecular weight is 302 g/mol. The Morgan fingerprint density at radius 3 is 2.22 bits per heavy atom. The summed E-state index contributed by atoms with van der Waals surface area (Å²) in [4.78, 5) is 9.85. The maximum Gasteiger partial charge on any atom is 0.286 e. The van der Waals surface area contributed by atoms with E-state index in [0.29, 0.717) is 0 Å². The number of nitro groups is 1. The molecule has 1 aromatic carbocycles. The largest absolute Gasteiger partial charge is 0.286 e. The van der Waals surface area contributed by atoms with Crippen molar-refractivity contribution >= 4 is 50.2 Å². The highest BCUT2D eigenvalue weighted by Crippen LogP contribution is 2.05. The molecule has 0 saturated heterocycles. The molecule has 0 atom stereocenters. The molecule has 0 aliphatic heterocycles. The Morgan fingerprint density at radius 2 is 1.83 bits per heavy atom. The highest BCUT2D eigenvalue weighted by Gasteiger charge is 2.19. The summed E-state index contributed by atoms with van der Waals surface area (Å²) >= 11 is 9.11. The number of nitrogens with one attached hydrogen (secondary N) is 1. The molecule has 0 heterocycles. The molecule has 0 unspecified atom stereocenters. The van der Waals surface area contributed by atoms with Crippen LogP contribution in [0, 0.1) is 10.1 Å². The molecular formula is C9H6N2O4S3. The minimum Gasteiger partial charge on any atom is -0.258 e. The minimum absolute atomic E-state index is 0.136. The van der Waals surface area contributed by atoms with Crippen molar-refractivity contribution in [2.24, 2.45) is 0 Å². The summed E-state index contributed by atoms with van der Waals surface area (Å²) < 4.78 is 25.5. The fourth-order valence-electron chi connectivity index (χ4n) is 1.26. The molecule has 0 fully saturated rings. The zero-order valence-electron chi connectivity index (χ0n) is 8.96. The van der Waals surface area contributed by atoms with Gasteiger partial charge < -0.3 is 0 Å². The van der Waals surface area contributed by atoms with E-state index in [2.05, 4.69) is 39.2 Å². The molecule has 9 heteroatoms. The van der Waals surface area contributed by atoms with Gasteiger partial charge in [-0.3, -0.25) is 10.1 Å². The number of sulfonamides is 1. The van der Waals surface area contributed by atoms with Gasteiger partial charge in [-0.2, -0.15) is 0 Å². The fraction of sp³-hybridized carbons (Fsp3) is 0.111. The zero-order valence-corrected chi connectivity index (χ0v) is 11.4. The molecule has 1 N–H and O–H groups in total. The second-order valence-corrected chi connectivity index (χ2v) is 5.26. The molecule has 0 aliphatic rings. The van der Waals surface area contributed by atoms with Crippen LogP contribution in [0.15, 0.2) is 17.0 Å². The van der Waals surface area contributed by atoms with Crippen molar-refractivity contribution < 1.29 is 13.3 Å². The molecule has 1 aromatic rings. The number of nitrogens with zero attached hydrogens (tertiary/aromatic N) is 1. The Kier molecular flexibility index (Phi) is 4.42. The molecule has 1 rings (SSSR count). The summed E-state index contributed by atoms with van der Waals surface area (Å²) in [7, 11) is -2.59. The molecule has 94 valence electrons. The molecule has 18 heavy (non-hydrogen) atoms. The van der Waals surface area contributed by atoms with E-state index in [9.17, 15) is 18.5 Å². The predicted octanol–water partition coefficient (Wildman–Crippen LogP) is -0.957. The first-order valence-electron chi connectivity index (χ1n) is 4.40. The lowest BCUT2D eigenvalue weighted by molar-refractivity contribution is -0.385. The van der Waals surface area contributed by atoms with Crippen LogP contribution in [0.25, 0.3) is 0 Å². The Balaban J connectivity index is 4.04. The van der Waals surface area contributed by atoms with Crippen LogP contribution in [-0.2, 0) is 10.0 Å². The fourth-order valence-corrected chi connectivity index (χ4v) is 2.64. The van der Waals surface area contributed by atoms with Crippen LogP contribution in [0.5, 0.6) is 0 Å². The van der Waals surface area contributed by atoms with E-state index in [1.165, 1.54) is 7.05 Å². The number of thiocarbonyl (C=S) groups is 2. The van der Waals surface area contributed by atoms with Crippen LogP contribution in [0.2, 0.25) is 0 Å². The van der Waals surface area contributed by atoms with Crippen molar-refractivity contribution in [2.45, 2.75) is 4.90 Å². The van der Waals surface area contributed by atoms with Gasteiger partial charge in [0.15, 0.2) is 0 Å². The number of hydrogen-bond acceptors (Lipinski definition) is 6. The van der Waals surface area contributed by atoms with Crippen molar-refractivity contribution in [1.82, 2.24) is 4.72 Å². The SMILES string of the molecule is CNS(=O)(=O)c1ccc([N+](=O)[O-])c(=C=S)c1=C=S. The zero-order chi connectivity index (χ0) is 13.9. The molecule has 0 aromatic heterocycles. The van der Waals surface area contributed by atoms with Gasteiger partial charge in [0.05, 0.1) is 15.0 Å². The van der Waals surface area contributed by atoms with E-state index in [0.717, 1.165) is 12.1 Å². The second-order valence-electron chi connectivity index (χ2n) is 3.00. The molecule has 0 amide bonds. The lowest BCUT2D eigenvalue weighted by Gasteiger charge is -2.02. The number of nitro benzene ring substituents is 1.